The molecule has 0 amide bonds. The molecule has 0 atom stereocenters. The molecule has 0 aliphatic heterocycles. The number of benzene rings is 2. The highest BCUT2D eigenvalue weighted by Crippen LogP contribution is 2.37. The van der Waals surface area contributed by atoms with E-state index < -0.39 is 5.97 Å². The second-order valence-corrected chi connectivity index (χ2v) is 8.66. The number of ketones is 1. The van der Waals surface area contributed by atoms with E-state index in [2.05, 4.69) is 15.1 Å². The highest BCUT2D eigenvalue weighted by Gasteiger charge is 2.27. The van der Waals surface area contributed by atoms with Gasteiger partial charge >= 0.3 is 5.97 Å². The van der Waals surface area contributed by atoms with Crippen molar-refractivity contribution in [2.45, 2.75) is 13.8 Å². The summed E-state index contributed by atoms with van der Waals surface area (Å²) in [5.74, 6) is -0.0769. The lowest BCUT2D eigenvalue weighted by atomic mass is 9.96. The number of nitrogen functional groups attached to an aromatic ring is 1. The maximum atomic E-state index is 13.2. The number of halogens is 1. The highest BCUT2D eigenvalue weighted by atomic mass is 35.5. The molecule has 10 heteroatoms. The largest absolute Gasteiger partial charge is 0.497 e. The number of aryl methyl sites for hydroxylation is 1. The molecule has 0 saturated carbocycles. The Balaban J connectivity index is 1.79. The molecule has 3 aromatic heterocycles. The summed E-state index contributed by atoms with van der Waals surface area (Å²) in [5, 5.41) is 5.59. The van der Waals surface area contributed by atoms with Gasteiger partial charge in [-0.05, 0) is 55.8 Å². The van der Waals surface area contributed by atoms with Crippen molar-refractivity contribution < 1.29 is 19.1 Å². The normalized spacial score (nSPS) is 11.1. The van der Waals surface area contributed by atoms with Crippen LogP contribution in [-0.2, 0) is 4.74 Å². The summed E-state index contributed by atoms with van der Waals surface area (Å²) in [6.07, 6.45) is 1.41. The van der Waals surface area contributed by atoms with E-state index in [1.165, 1.54) is 10.7 Å². The predicted octanol–water partition coefficient (Wildman–Crippen LogP) is 4.90. The van der Waals surface area contributed by atoms with E-state index in [9.17, 15) is 9.59 Å². The van der Waals surface area contributed by atoms with E-state index in [0.29, 0.717) is 49.8 Å². The van der Waals surface area contributed by atoms with Gasteiger partial charge in [0.05, 0.1) is 35.9 Å². The number of aromatic nitrogens is 4. The Kier molecular flexibility index (Phi) is 6.22. The number of nitrogens with zero attached hydrogens (tertiary/aromatic N) is 4. The number of pyridine rings is 1. The van der Waals surface area contributed by atoms with Crippen LogP contribution in [0.2, 0.25) is 5.02 Å². The summed E-state index contributed by atoms with van der Waals surface area (Å²) in [5.41, 5.74) is 9.72. The van der Waals surface area contributed by atoms with Crippen molar-refractivity contribution in [3.63, 3.8) is 0 Å². The molecule has 3 heterocycles. The Labute approximate surface area is 216 Å². The van der Waals surface area contributed by atoms with Crippen molar-refractivity contribution in [3.8, 4) is 16.9 Å². The van der Waals surface area contributed by atoms with E-state index in [1.807, 2.05) is 12.1 Å². The molecule has 186 valence electrons. The van der Waals surface area contributed by atoms with Crippen molar-refractivity contribution in [2.24, 2.45) is 0 Å². The Hall–Kier alpha value is -4.50. The number of carbonyl (C=O) groups excluding carboxylic acids is 2. The molecular formula is C27H22ClN5O4. The standard InChI is InChI=1S/C27H22ClN5O4/c1-4-37-27(35)20-14(2)31-25-22(21(20)15-7-11-18(36-3)12-8-15)26-30-13-19(24(29)33(26)32-25)23(34)16-5-9-17(28)10-6-16/h5-13H,4,29H2,1-3H3. The second kappa shape index (κ2) is 9.51. The van der Waals surface area contributed by atoms with Gasteiger partial charge in [0.25, 0.3) is 0 Å². The molecule has 37 heavy (non-hydrogen) atoms. The van der Waals surface area contributed by atoms with Crippen LogP contribution in [-0.4, -0.2) is 45.1 Å². The van der Waals surface area contributed by atoms with Crippen molar-refractivity contribution >= 4 is 45.9 Å². The van der Waals surface area contributed by atoms with Crippen LogP contribution < -0.4 is 10.5 Å². The Bertz CT molecular complexity index is 1680. The van der Waals surface area contributed by atoms with Gasteiger partial charge in [-0.3, -0.25) is 4.79 Å². The Morgan fingerprint density at radius 3 is 2.43 bits per heavy atom. The molecule has 0 aliphatic carbocycles. The maximum absolute atomic E-state index is 13.2. The maximum Gasteiger partial charge on any atom is 0.340 e. The van der Waals surface area contributed by atoms with Gasteiger partial charge in [0.2, 0.25) is 0 Å². The fourth-order valence-corrected chi connectivity index (χ4v) is 4.37. The van der Waals surface area contributed by atoms with Crippen molar-refractivity contribution in [3.05, 3.63) is 82.1 Å². The zero-order valence-electron chi connectivity index (χ0n) is 20.3. The molecule has 2 aromatic carbocycles. The quantitative estimate of drug-likeness (QED) is 0.250. The number of hydrogen-bond donors (Lipinski definition) is 1. The van der Waals surface area contributed by atoms with Crippen LogP contribution >= 0.6 is 11.6 Å². The first kappa shape index (κ1) is 24.2. The van der Waals surface area contributed by atoms with Gasteiger partial charge in [0.15, 0.2) is 17.1 Å². The van der Waals surface area contributed by atoms with E-state index in [4.69, 9.17) is 26.8 Å². The van der Waals surface area contributed by atoms with Gasteiger partial charge < -0.3 is 15.2 Å². The number of esters is 1. The average Bonchev–Trinajstić information content (AvgIpc) is 3.27. The van der Waals surface area contributed by atoms with Gasteiger partial charge in [-0.1, -0.05) is 23.7 Å². The summed E-state index contributed by atoms with van der Waals surface area (Å²) in [7, 11) is 1.58. The third-order valence-electron chi connectivity index (χ3n) is 6.01. The van der Waals surface area contributed by atoms with Gasteiger partial charge in [-0.2, -0.15) is 4.52 Å². The fourth-order valence-electron chi connectivity index (χ4n) is 4.24. The number of rotatable bonds is 6. The number of methoxy groups -OCH3 is 1. The van der Waals surface area contributed by atoms with Gasteiger partial charge in [-0.25, -0.2) is 14.8 Å². The molecule has 5 rings (SSSR count). The summed E-state index contributed by atoms with van der Waals surface area (Å²) >= 11 is 5.96. The first-order valence-corrected chi connectivity index (χ1v) is 11.8. The van der Waals surface area contributed by atoms with Crippen molar-refractivity contribution in [1.82, 2.24) is 19.6 Å². The lowest BCUT2D eigenvalue weighted by Gasteiger charge is -2.13. The van der Waals surface area contributed by atoms with Crippen LogP contribution in [0.4, 0.5) is 5.82 Å². The Morgan fingerprint density at radius 1 is 1.08 bits per heavy atom. The topological polar surface area (TPSA) is 122 Å². The fraction of sp³-hybridized carbons (Fsp3) is 0.148. The molecule has 0 aliphatic rings. The van der Waals surface area contributed by atoms with E-state index >= 15 is 0 Å². The van der Waals surface area contributed by atoms with Crippen LogP contribution in [0.1, 0.15) is 38.9 Å². The molecule has 9 nitrogen and oxygen atoms in total. The van der Waals surface area contributed by atoms with Crippen molar-refractivity contribution in [1.29, 1.82) is 0 Å². The molecule has 0 bridgehead atoms. The average molecular weight is 516 g/mol. The predicted molar refractivity (Wildman–Crippen MR) is 140 cm³/mol. The number of anilines is 1. The van der Waals surface area contributed by atoms with E-state index in [-0.39, 0.29) is 23.8 Å². The number of fused-ring (bicyclic) bond motifs is 3. The third-order valence-corrected chi connectivity index (χ3v) is 6.26. The number of hydrogen-bond acceptors (Lipinski definition) is 8. The molecule has 0 saturated heterocycles. The third kappa shape index (κ3) is 4.13. The van der Waals surface area contributed by atoms with Crippen LogP contribution in [0.3, 0.4) is 0 Å². The summed E-state index contributed by atoms with van der Waals surface area (Å²) < 4.78 is 12.0. The molecule has 0 fully saturated rings. The molecule has 2 N–H and O–H groups in total. The first-order valence-electron chi connectivity index (χ1n) is 11.4. The minimum absolute atomic E-state index is 0.0963. The monoisotopic (exact) mass is 515 g/mol. The number of nitrogens with two attached hydrogens (primary N) is 1. The molecular weight excluding hydrogens is 494 g/mol. The molecule has 0 spiro atoms. The van der Waals surface area contributed by atoms with Crippen LogP contribution in [0.5, 0.6) is 5.75 Å². The summed E-state index contributed by atoms with van der Waals surface area (Å²) in [4.78, 5) is 35.3. The number of ether oxygens (including phenoxy) is 2. The highest BCUT2D eigenvalue weighted by molar-refractivity contribution is 6.30. The zero-order chi connectivity index (χ0) is 26.3. The van der Waals surface area contributed by atoms with Gasteiger partial charge in [-0.15, -0.1) is 5.10 Å². The SMILES string of the molecule is CCOC(=O)c1c(C)nc2nn3c(N)c(C(=O)c4ccc(Cl)cc4)cnc3c2c1-c1ccc(OC)cc1. The van der Waals surface area contributed by atoms with Gasteiger partial charge in [0.1, 0.15) is 11.6 Å². The minimum Gasteiger partial charge on any atom is -0.497 e. The lowest BCUT2D eigenvalue weighted by Crippen LogP contribution is -2.11. The Morgan fingerprint density at radius 2 is 1.78 bits per heavy atom. The van der Waals surface area contributed by atoms with Gasteiger partial charge in [0, 0.05) is 22.3 Å². The lowest BCUT2D eigenvalue weighted by molar-refractivity contribution is 0.0526. The molecule has 5 aromatic rings. The van der Waals surface area contributed by atoms with Crippen LogP contribution in [0.25, 0.3) is 27.8 Å². The van der Waals surface area contributed by atoms with Crippen LogP contribution in [0, 0.1) is 6.92 Å². The second-order valence-electron chi connectivity index (χ2n) is 8.22. The van der Waals surface area contributed by atoms with E-state index in [0.717, 1.165) is 5.56 Å². The molecule has 0 unspecified atom stereocenters. The van der Waals surface area contributed by atoms with E-state index in [1.54, 1.807) is 57.4 Å². The zero-order valence-corrected chi connectivity index (χ0v) is 21.0. The van der Waals surface area contributed by atoms with Crippen LogP contribution in [0.15, 0.2) is 54.7 Å². The van der Waals surface area contributed by atoms with Crippen molar-refractivity contribution in [2.75, 3.05) is 19.5 Å². The first-order chi connectivity index (χ1) is 17.8. The summed E-state index contributed by atoms with van der Waals surface area (Å²) in [6.45, 7) is 3.66. The molecule has 0 radical (unpaired) electrons. The summed E-state index contributed by atoms with van der Waals surface area (Å²) in [6, 6.07) is 13.7. The smallest absolute Gasteiger partial charge is 0.340 e. The number of carbonyl (C=O) groups is 2. The minimum atomic E-state index is -0.512.